The monoisotopic (exact) mass is 599 g/mol. The third-order valence-corrected chi connectivity index (χ3v) is 9.97. The number of fused-ring (bicyclic) bond motifs is 13. The maximum atomic E-state index is 6.50. The lowest BCUT2D eigenvalue weighted by Crippen LogP contribution is -1.93. The minimum atomic E-state index is 0.858. The summed E-state index contributed by atoms with van der Waals surface area (Å²) in [6.45, 7) is 0. The van der Waals surface area contributed by atoms with Gasteiger partial charge in [0, 0.05) is 38.0 Å². The minimum Gasteiger partial charge on any atom is -0.456 e. The molecule has 3 heterocycles. The summed E-state index contributed by atoms with van der Waals surface area (Å²) in [5, 5.41) is 11.8. The Morgan fingerprint density at radius 3 is 1.60 bits per heavy atom. The van der Waals surface area contributed by atoms with Crippen LogP contribution in [0.4, 0.5) is 0 Å². The molecule has 11 rings (SSSR count). The third kappa shape index (κ3) is 3.40. The summed E-state index contributed by atoms with van der Waals surface area (Å²) in [5.41, 5.74) is 9.31. The first kappa shape index (κ1) is 24.9. The molecule has 218 valence electrons. The standard InChI is InChI=1S/C44H25NO2/c1-2-10-29-26(9-1)23-34(31-12-4-3-11-30(29)31)27-17-19-39-35(24-27)43-41(46-39)21-22-42-44(43)36-25-28(18-20-40(36)47-42)45-37-15-7-5-13-32(37)33-14-6-8-16-38(33)45/h1-25H. The largest absolute Gasteiger partial charge is 0.456 e. The molecule has 0 unspecified atom stereocenters. The van der Waals surface area contributed by atoms with Gasteiger partial charge in [0.05, 0.1) is 11.0 Å². The van der Waals surface area contributed by atoms with Gasteiger partial charge in [-0.1, -0.05) is 91.0 Å². The lowest BCUT2D eigenvalue weighted by atomic mass is 9.92. The number of rotatable bonds is 2. The highest BCUT2D eigenvalue weighted by Crippen LogP contribution is 2.43. The summed E-state index contributed by atoms with van der Waals surface area (Å²) >= 11 is 0. The molecular formula is C44H25NO2. The zero-order valence-electron chi connectivity index (χ0n) is 25.2. The Balaban J connectivity index is 1.20. The van der Waals surface area contributed by atoms with E-state index >= 15 is 0 Å². The number of para-hydroxylation sites is 2. The second kappa shape index (κ2) is 9.12. The molecule has 0 amide bonds. The van der Waals surface area contributed by atoms with E-state index in [-0.39, 0.29) is 0 Å². The summed E-state index contributed by atoms with van der Waals surface area (Å²) in [7, 11) is 0. The molecule has 0 saturated heterocycles. The highest BCUT2D eigenvalue weighted by molar-refractivity contribution is 6.26. The van der Waals surface area contributed by atoms with Gasteiger partial charge in [-0.3, -0.25) is 0 Å². The molecule has 0 aliphatic rings. The first-order chi connectivity index (χ1) is 23.3. The van der Waals surface area contributed by atoms with Gasteiger partial charge in [0.1, 0.15) is 22.3 Å². The fraction of sp³-hybridized carbons (Fsp3) is 0. The second-order valence-corrected chi connectivity index (χ2v) is 12.5. The summed E-state index contributed by atoms with van der Waals surface area (Å²) < 4.78 is 15.4. The average molecular weight is 600 g/mol. The van der Waals surface area contributed by atoms with Crippen LogP contribution in [0.15, 0.2) is 160 Å². The van der Waals surface area contributed by atoms with Gasteiger partial charge in [0.15, 0.2) is 0 Å². The van der Waals surface area contributed by atoms with Gasteiger partial charge in [-0.15, -0.1) is 0 Å². The molecule has 11 aromatic rings. The van der Waals surface area contributed by atoms with Crippen LogP contribution in [-0.2, 0) is 0 Å². The molecule has 0 spiro atoms. The molecule has 3 aromatic heterocycles. The summed E-state index contributed by atoms with van der Waals surface area (Å²) in [4.78, 5) is 0. The molecule has 0 N–H and O–H groups in total. The Labute approximate surface area is 268 Å². The number of hydrogen-bond acceptors (Lipinski definition) is 2. The van der Waals surface area contributed by atoms with Crippen LogP contribution in [0.1, 0.15) is 0 Å². The predicted octanol–water partition coefficient (Wildman–Crippen LogP) is 12.6. The van der Waals surface area contributed by atoms with Crippen LogP contribution in [0.3, 0.4) is 0 Å². The van der Waals surface area contributed by atoms with Crippen molar-refractivity contribution in [2.75, 3.05) is 0 Å². The topological polar surface area (TPSA) is 31.2 Å². The van der Waals surface area contributed by atoms with Gasteiger partial charge in [-0.05, 0) is 93.3 Å². The van der Waals surface area contributed by atoms with E-state index in [0.29, 0.717) is 0 Å². The van der Waals surface area contributed by atoms with E-state index in [9.17, 15) is 0 Å². The van der Waals surface area contributed by atoms with Crippen LogP contribution in [0, 0.1) is 0 Å². The number of aromatic nitrogens is 1. The lowest BCUT2D eigenvalue weighted by Gasteiger charge is -2.11. The van der Waals surface area contributed by atoms with Crippen LogP contribution in [0.2, 0.25) is 0 Å². The average Bonchev–Trinajstić information content (AvgIpc) is 3.80. The van der Waals surface area contributed by atoms with Gasteiger partial charge in [-0.2, -0.15) is 0 Å². The Hall–Kier alpha value is -6.32. The van der Waals surface area contributed by atoms with Crippen molar-refractivity contribution in [2.45, 2.75) is 0 Å². The molecule has 0 bridgehead atoms. The number of furan rings is 2. The van der Waals surface area contributed by atoms with E-state index in [1.165, 1.54) is 48.9 Å². The van der Waals surface area contributed by atoms with Crippen LogP contribution in [0.25, 0.3) is 104 Å². The molecule has 3 nitrogen and oxygen atoms in total. The van der Waals surface area contributed by atoms with Crippen molar-refractivity contribution in [3.05, 3.63) is 152 Å². The highest BCUT2D eigenvalue weighted by atomic mass is 16.3. The van der Waals surface area contributed by atoms with E-state index < -0.39 is 0 Å². The summed E-state index contributed by atoms with van der Waals surface area (Å²) in [6.07, 6.45) is 0. The van der Waals surface area contributed by atoms with Gasteiger partial charge < -0.3 is 13.4 Å². The van der Waals surface area contributed by atoms with Crippen LogP contribution >= 0.6 is 0 Å². The first-order valence-electron chi connectivity index (χ1n) is 16.0. The zero-order valence-corrected chi connectivity index (χ0v) is 25.2. The van der Waals surface area contributed by atoms with Crippen molar-refractivity contribution in [1.82, 2.24) is 4.57 Å². The van der Waals surface area contributed by atoms with Gasteiger partial charge in [0.2, 0.25) is 0 Å². The molecule has 8 aromatic carbocycles. The highest BCUT2D eigenvalue weighted by Gasteiger charge is 2.19. The van der Waals surface area contributed by atoms with E-state index in [0.717, 1.165) is 55.1 Å². The maximum Gasteiger partial charge on any atom is 0.136 e. The zero-order chi connectivity index (χ0) is 30.6. The summed E-state index contributed by atoms with van der Waals surface area (Å²) in [5.74, 6) is 0. The lowest BCUT2D eigenvalue weighted by molar-refractivity contribution is 0.663. The fourth-order valence-corrected chi connectivity index (χ4v) is 7.92. The van der Waals surface area contributed by atoms with Gasteiger partial charge >= 0.3 is 0 Å². The molecule has 0 atom stereocenters. The quantitative estimate of drug-likeness (QED) is 0.185. The molecule has 47 heavy (non-hydrogen) atoms. The van der Waals surface area contributed by atoms with E-state index in [2.05, 4.69) is 144 Å². The molecule has 0 fully saturated rings. The van der Waals surface area contributed by atoms with Crippen molar-refractivity contribution < 1.29 is 8.83 Å². The number of nitrogens with zero attached hydrogens (tertiary/aromatic N) is 1. The van der Waals surface area contributed by atoms with Crippen molar-refractivity contribution in [3.63, 3.8) is 0 Å². The SMILES string of the molecule is c1ccc2c(c1)cc(-c1ccc3oc4ccc5oc6ccc(-n7c8ccccc8c8ccccc87)cc6c5c4c3c1)c1ccccc12. The van der Waals surface area contributed by atoms with Crippen LogP contribution in [-0.4, -0.2) is 4.57 Å². The third-order valence-electron chi connectivity index (χ3n) is 9.97. The predicted molar refractivity (Wildman–Crippen MR) is 196 cm³/mol. The number of benzene rings is 8. The molecule has 3 heteroatoms. The van der Waals surface area contributed by atoms with Crippen molar-refractivity contribution >= 4 is 87.2 Å². The summed E-state index contributed by atoms with van der Waals surface area (Å²) in [6, 6.07) is 54.2. The Kier molecular flexibility index (Phi) is 4.84. The molecule has 0 radical (unpaired) electrons. The Morgan fingerprint density at radius 1 is 0.362 bits per heavy atom. The van der Waals surface area contributed by atoms with Crippen molar-refractivity contribution in [1.29, 1.82) is 0 Å². The Bertz CT molecular complexity index is 3030. The fourth-order valence-electron chi connectivity index (χ4n) is 7.92. The second-order valence-electron chi connectivity index (χ2n) is 12.5. The smallest absolute Gasteiger partial charge is 0.136 e. The van der Waals surface area contributed by atoms with E-state index in [1.54, 1.807) is 0 Å². The van der Waals surface area contributed by atoms with E-state index in [4.69, 9.17) is 8.83 Å². The first-order valence-corrected chi connectivity index (χ1v) is 16.0. The molecular weight excluding hydrogens is 574 g/mol. The minimum absolute atomic E-state index is 0.858. The molecule has 0 aliphatic carbocycles. The van der Waals surface area contributed by atoms with Gasteiger partial charge in [0.25, 0.3) is 0 Å². The molecule has 0 saturated carbocycles. The number of hydrogen-bond donors (Lipinski definition) is 0. The van der Waals surface area contributed by atoms with Crippen LogP contribution in [0.5, 0.6) is 0 Å². The molecule has 0 aliphatic heterocycles. The van der Waals surface area contributed by atoms with Gasteiger partial charge in [-0.25, -0.2) is 0 Å². The maximum absolute atomic E-state index is 6.50. The normalized spacial score (nSPS) is 12.3. The van der Waals surface area contributed by atoms with Crippen molar-refractivity contribution in [3.8, 4) is 16.8 Å². The Morgan fingerprint density at radius 2 is 0.894 bits per heavy atom. The van der Waals surface area contributed by atoms with Crippen LogP contribution < -0.4 is 0 Å². The van der Waals surface area contributed by atoms with Crippen molar-refractivity contribution in [2.24, 2.45) is 0 Å². The van der Waals surface area contributed by atoms with E-state index in [1.807, 2.05) is 12.1 Å².